The normalized spacial score (nSPS) is 12.4. The molecule has 1 rings (SSSR count). The Morgan fingerprint density at radius 3 is 2.50 bits per heavy atom. The van der Waals surface area contributed by atoms with E-state index in [1.54, 1.807) is 18.2 Å². The van der Waals surface area contributed by atoms with Gasteiger partial charge in [-0.2, -0.15) is 0 Å². The van der Waals surface area contributed by atoms with Crippen LogP contribution in [0.15, 0.2) is 24.3 Å². The summed E-state index contributed by atoms with van der Waals surface area (Å²) in [7, 11) is -3.48. The number of sulfonamides is 1. The van der Waals surface area contributed by atoms with Gasteiger partial charge in [0, 0.05) is 19.5 Å². The molecule has 0 aliphatic carbocycles. The van der Waals surface area contributed by atoms with Crippen molar-refractivity contribution in [2.45, 2.75) is 59.3 Å². The molecule has 0 aromatic heterocycles. The molecule has 0 bridgehead atoms. The Hall–Kier alpha value is -1.76. The van der Waals surface area contributed by atoms with Gasteiger partial charge in [0.2, 0.25) is 15.9 Å². The molecule has 160 valence electrons. The van der Waals surface area contributed by atoms with Crippen LogP contribution in [0.1, 0.15) is 59.3 Å². The second kappa shape index (κ2) is 12.6. The molecule has 1 N–H and O–H groups in total. The van der Waals surface area contributed by atoms with Gasteiger partial charge in [0.1, 0.15) is 5.75 Å². The number of carbonyl (C=O) groups is 1. The standard InChI is InChI=1S/C21H36N2O4S/c1-5-8-12-18(6-2)17-22-21(24)15-11-16-23(28(4,25)26)19-13-9-10-14-20(19)27-7-3/h9-10,13-14,18H,5-8,11-12,15-17H2,1-4H3,(H,22,24). The van der Waals surface area contributed by atoms with E-state index in [2.05, 4.69) is 19.2 Å². The lowest BCUT2D eigenvalue weighted by molar-refractivity contribution is -0.121. The topological polar surface area (TPSA) is 75.7 Å². The van der Waals surface area contributed by atoms with E-state index in [1.165, 1.54) is 17.0 Å². The lowest BCUT2D eigenvalue weighted by Gasteiger charge is -2.24. The van der Waals surface area contributed by atoms with Crippen LogP contribution in [0.3, 0.4) is 0 Å². The number of unbranched alkanes of at least 4 members (excludes halogenated alkanes) is 1. The number of hydrogen-bond acceptors (Lipinski definition) is 4. The minimum atomic E-state index is -3.48. The zero-order valence-electron chi connectivity index (χ0n) is 17.7. The summed E-state index contributed by atoms with van der Waals surface area (Å²) in [5.74, 6) is 1.01. The summed E-state index contributed by atoms with van der Waals surface area (Å²) >= 11 is 0. The summed E-state index contributed by atoms with van der Waals surface area (Å²) in [4.78, 5) is 12.2. The third kappa shape index (κ3) is 8.50. The van der Waals surface area contributed by atoms with Gasteiger partial charge < -0.3 is 10.1 Å². The maximum absolute atomic E-state index is 12.3. The molecule has 0 fully saturated rings. The van der Waals surface area contributed by atoms with Crippen LogP contribution in [-0.4, -0.2) is 40.3 Å². The molecule has 1 amide bonds. The van der Waals surface area contributed by atoms with Crippen LogP contribution in [0.2, 0.25) is 0 Å². The van der Waals surface area contributed by atoms with Gasteiger partial charge in [-0.05, 0) is 37.8 Å². The van der Waals surface area contributed by atoms with Crippen LogP contribution in [0, 0.1) is 5.92 Å². The number of carbonyl (C=O) groups excluding carboxylic acids is 1. The molecule has 1 aromatic rings. The van der Waals surface area contributed by atoms with Crippen LogP contribution in [0.25, 0.3) is 0 Å². The molecule has 7 heteroatoms. The highest BCUT2D eigenvalue weighted by molar-refractivity contribution is 7.92. The Kier molecular flexibility index (Phi) is 11.0. The average molecular weight is 413 g/mol. The van der Waals surface area contributed by atoms with Crippen molar-refractivity contribution in [3.63, 3.8) is 0 Å². The van der Waals surface area contributed by atoms with E-state index in [-0.39, 0.29) is 12.5 Å². The van der Waals surface area contributed by atoms with E-state index < -0.39 is 10.0 Å². The van der Waals surface area contributed by atoms with Crippen molar-refractivity contribution in [3.05, 3.63) is 24.3 Å². The van der Waals surface area contributed by atoms with Gasteiger partial charge in [0.05, 0.1) is 18.6 Å². The summed E-state index contributed by atoms with van der Waals surface area (Å²) in [5, 5.41) is 2.99. The molecule has 0 aliphatic heterocycles. The number of anilines is 1. The number of para-hydroxylation sites is 2. The largest absolute Gasteiger partial charge is 0.492 e. The first-order valence-corrected chi connectivity index (χ1v) is 12.1. The van der Waals surface area contributed by atoms with Crippen LogP contribution in [-0.2, 0) is 14.8 Å². The first-order chi connectivity index (χ1) is 13.3. The number of benzene rings is 1. The number of rotatable bonds is 14. The third-order valence-corrected chi connectivity index (χ3v) is 5.91. The smallest absolute Gasteiger partial charge is 0.232 e. The van der Waals surface area contributed by atoms with Crippen molar-refractivity contribution in [2.24, 2.45) is 5.92 Å². The van der Waals surface area contributed by atoms with Crippen LogP contribution >= 0.6 is 0 Å². The Balaban J connectivity index is 2.63. The predicted molar refractivity (Wildman–Crippen MR) is 115 cm³/mol. The zero-order chi connectivity index (χ0) is 21.0. The fourth-order valence-corrected chi connectivity index (χ4v) is 4.05. The summed E-state index contributed by atoms with van der Waals surface area (Å²) in [5.41, 5.74) is 0.512. The van der Waals surface area contributed by atoms with Gasteiger partial charge in [0.25, 0.3) is 0 Å². The van der Waals surface area contributed by atoms with Gasteiger partial charge in [-0.1, -0.05) is 45.2 Å². The molecule has 1 aromatic carbocycles. The molecule has 1 unspecified atom stereocenters. The second-order valence-corrected chi connectivity index (χ2v) is 8.97. The summed E-state index contributed by atoms with van der Waals surface area (Å²) in [6.07, 6.45) is 6.44. The van der Waals surface area contributed by atoms with Gasteiger partial charge in [-0.25, -0.2) is 8.42 Å². The Morgan fingerprint density at radius 1 is 1.18 bits per heavy atom. The zero-order valence-corrected chi connectivity index (χ0v) is 18.6. The molecule has 0 radical (unpaired) electrons. The fraction of sp³-hybridized carbons (Fsp3) is 0.667. The van der Waals surface area contributed by atoms with Crippen molar-refractivity contribution in [1.29, 1.82) is 0 Å². The van der Waals surface area contributed by atoms with E-state index in [1.807, 2.05) is 13.0 Å². The lowest BCUT2D eigenvalue weighted by Crippen LogP contribution is -2.33. The monoisotopic (exact) mass is 412 g/mol. The molecule has 1 atom stereocenters. The van der Waals surface area contributed by atoms with Gasteiger partial charge in [-0.3, -0.25) is 9.10 Å². The highest BCUT2D eigenvalue weighted by Crippen LogP contribution is 2.30. The minimum Gasteiger partial charge on any atom is -0.492 e. The molecule has 6 nitrogen and oxygen atoms in total. The number of nitrogens with one attached hydrogen (secondary N) is 1. The molecule has 0 heterocycles. The van der Waals surface area contributed by atoms with Gasteiger partial charge in [0.15, 0.2) is 0 Å². The summed E-state index contributed by atoms with van der Waals surface area (Å²) in [6.45, 7) is 7.56. The molecular formula is C21H36N2O4S. The Labute approximate surface area is 170 Å². The number of nitrogens with zero attached hydrogens (tertiary/aromatic N) is 1. The Morgan fingerprint density at radius 2 is 1.89 bits per heavy atom. The molecule has 0 spiro atoms. The van der Waals surface area contributed by atoms with E-state index >= 15 is 0 Å². The van der Waals surface area contributed by atoms with Crippen molar-refractivity contribution in [3.8, 4) is 5.75 Å². The van der Waals surface area contributed by atoms with Crippen LogP contribution in [0.4, 0.5) is 5.69 Å². The van der Waals surface area contributed by atoms with Gasteiger partial charge >= 0.3 is 0 Å². The first-order valence-electron chi connectivity index (χ1n) is 10.3. The number of ether oxygens (including phenoxy) is 1. The van der Waals surface area contributed by atoms with Crippen molar-refractivity contribution < 1.29 is 17.9 Å². The van der Waals surface area contributed by atoms with E-state index in [9.17, 15) is 13.2 Å². The molecule has 28 heavy (non-hydrogen) atoms. The SMILES string of the molecule is CCCCC(CC)CNC(=O)CCCN(c1ccccc1OCC)S(C)(=O)=O. The number of amides is 1. The van der Waals surface area contributed by atoms with Crippen LogP contribution < -0.4 is 14.4 Å². The minimum absolute atomic E-state index is 0.0264. The van der Waals surface area contributed by atoms with E-state index in [0.717, 1.165) is 19.3 Å². The third-order valence-electron chi connectivity index (χ3n) is 4.73. The maximum atomic E-state index is 12.3. The highest BCUT2D eigenvalue weighted by atomic mass is 32.2. The Bertz CT molecular complexity index is 691. The van der Waals surface area contributed by atoms with E-state index in [4.69, 9.17) is 4.74 Å². The van der Waals surface area contributed by atoms with Crippen molar-refractivity contribution >= 4 is 21.6 Å². The molecule has 0 saturated heterocycles. The average Bonchev–Trinajstić information content (AvgIpc) is 2.65. The van der Waals surface area contributed by atoms with Crippen LogP contribution in [0.5, 0.6) is 5.75 Å². The number of hydrogen-bond donors (Lipinski definition) is 1. The summed E-state index contributed by atoms with van der Waals surface area (Å²) in [6, 6.07) is 7.08. The van der Waals surface area contributed by atoms with Crippen molar-refractivity contribution in [1.82, 2.24) is 5.32 Å². The highest BCUT2D eigenvalue weighted by Gasteiger charge is 2.21. The predicted octanol–water partition coefficient (Wildman–Crippen LogP) is 3.96. The second-order valence-electron chi connectivity index (χ2n) is 7.06. The lowest BCUT2D eigenvalue weighted by atomic mass is 9.99. The maximum Gasteiger partial charge on any atom is 0.232 e. The quantitative estimate of drug-likeness (QED) is 0.502. The van der Waals surface area contributed by atoms with Crippen molar-refractivity contribution in [2.75, 3.05) is 30.3 Å². The molecule has 0 saturated carbocycles. The van der Waals surface area contributed by atoms with E-state index in [0.29, 0.717) is 43.3 Å². The summed E-state index contributed by atoms with van der Waals surface area (Å²) < 4.78 is 31.5. The van der Waals surface area contributed by atoms with Gasteiger partial charge in [-0.15, -0.1) is 0 Å². The first kappa shape index (κ1) is 24.3. The fourth-order valence-electron chi connectivity index (χ4n) is 3.08. The molecule has 0 aliphatic rings. The molecular weight excluding hydrogens is 376 g/mol.